The minimum atomic E-state index is 0.619. The Hall–Kier alpha value is -5.35. The molecule has 0 fully saturated rings. The van der Waals surface area contributed by atoms with E-state index in [2.05, 4.69) is 78.9 Å². The zero-order chi connectivity index (χ0) is 25.8. The van der Waals surface area contributed by atoms with Gasteiger partial charge in [0.15, 0.2) is 17.5 Å². The van der Waals surface area contributed by atoms with E-state index in [0.717, 1.165) is 54.8 Å². The van der Waals surface area contributed by atoms with Gasteiger partial charge in [0, 0.05) is 27.5 Å². The summed E-state index contributed by atoms with van der Waals surface area (Å²) < 4.78 is 6.34. The van der Waals surface area contributed by atoms with Crippen LogP contribution in [0.25, 0.3) is 77.6 Å². The maximum Gasteiger partial charge on any atom is 0.164 e. The SMILES string of the molecule is c1ccc(-c2nc(-c3cccc4ccccc34)nc(-c3cccc4oc5cc6ccccc6cc5c34)n2)cc1. The fourth-order valence-corrected chi connectivity index (χ4v) is 5.45. The Balaban J connectivity index is 1.44. The number of hydrogen-bond acceptors (Lipinski definition) is 4. The third kappa shape index (κ3) is 3.57. The van der Waals surface area contributed by atoms with Gasteiger partial charge < -0.3 is 4.42 Å². The number of nitrogens with zero attached hydrogens (tertiary/aromatic N) is 3. The summed E-state index contributed by atoms with van der Waals surface area (Å²) in [7, 11) is 0. The molecule has 0 aliphatic carbocycles. The van der Waals surface area contributed by atoms with Gasteiger partial charge in [0.2, 0.25) is 0 Å². The van der Waals surface area contributed by atoms with Gasteiger partial charge in [-0.15, -0.1) is 0 Å². The molecule has 0 spiro atoms. The molecule has 0 N–H and O–H groups in total. The molecule has 0 radical (unpaired) electrons. The molecule has 0 bridgehead atoms. The molecule has 0 saturated heterocycles. The van der Waals surface area contributed by atoms with Crippen LogP contribution >= 0.6 is 0 Å². The highest BCUT2D eigenvalue weighted by Gasteiger charge is 2.18. The van der Waals surface area contributed by atoms with Crippen molar-refractivity contribution in [3.8, 4) is 34.2 Å². The Morgan fingerprint density at radius 3 is 1.87 bits per heavy atom. The molecular weight excluding hydrogens is 478 g/mol. The van der Waals surface area contributed by atoms with Gasteiger partial charge >= 0.3 is 0 Å². The Morgan fingerprint density at radius 1 is 0.410 bits per heavy atom. The van der Waals surface area contributed by atoms with Gasteiger partial charge in [0.25, 0.3) is 0 Å². The maximum atomic E-state index is 6.34. The lowest BCUT2D eigenvalue weighted by atomic mass is 10.0. The molecule has 6 aromatic carbocycles. The third-order valence-electron chi connectivity index (χ3n) is 7.30. The smallest absolute Gasteiger partial charge is 0.164 e. The van der Waals surface area contributed by atoms with Crippen molar-refractivity contribution in [2.75, 3.05) is 0 Å². The molecule has 4 heteroatoms. The molecule has 2 heterocycles. The first-order valence-electron chi connectivity index (χ1n) is 13.0. The lowest BCUT2D eigenvalue weighted by Gasteiger charge is -2.11. The third-order valence-corrected chi connectivity index (χ3v) is 7.30. The van der Waals surface area contributed by atoms with E-state index in [1.54, 1.807) is 0 Å². The Kier molecular flexibility index (Phi) is 4.79. The summed E-state index contributed by atoms with van der Waals surface area (Å²) in [5, 5.41) is 6.62. The van der Waals surface area contributed by atoms with Crippen LogP contribution < -0.4 is 0 Å². The van der Waals surface area contributed by atoms with Crippen LogP contribution in [0.4, 0.5) is 0 Å². The van der Waals surface area contributed by atoms with Crippen molar-refractivity contribution in [1.82, 2.24) is 15.0 Å². The molecular formula is C35H21N3O. The van der Waals surface area contributed by atoms with Crippen LogP contribution in [0.2, 0.25) is 0 Å². The van der Waals surface area contributed by atoms with Gasteiger partial charge in [-0.3, -0.25) is 0 Å². The molecule has 4 nitrogen and oxygen atoms in total. The zero-order valence-corrected chi connectivity index (χ0v) is 20.9. The average molecular weight is 500 g/mol. The van der Waals surface area contributed by atoms with E-state index in [1.165, 1.54) is 5.39 Å². The van der Waals surface area contributed by atoms with E-state index in [-0.39, 0.29) is 0 Å². The number of aromatic nitrogens is 3. The molecule has 0 amide bonds. The fraction of sp³-hybridized carbons (Fsp3) is 0. The topological polar surface area (TPSA) is 51.8 Å². The molecule has 0 atom stereocenters. The van der Waals surface area contributed by atoms with E-state index in [4.69, 9.17) is 19.4 Å². The van der Waals surface area contributed by atoms with E-state index < -0.39 is 0 Å². The number of hydrogen-bond donors (Lipinski definition) is 0. The second-order valence-electron chi connectivity index (χ2n) is 9.68. The van der Waals surface area contributed by atoms with Crippen molar-refractivity contribution in [2.24, 2.45) is 0 Å². The summed E-state index contributed by atoms with van der Waals surface area (Å²) in [6.45, 7) is 0. The van der Waals surface area contributed by atoms with Gasteiger partial charge in [0.1, 0.15) is 11.2 Å². The number of furan rings is 1. The molecule has 2 aromatic heterocycles. The van der Waals surface area contributed by atoms with E-state index in [9.17, 15) is 0 Å². The summed E-state index contributed by atoms with van der Waals surface area (Å²) in [6.07, 6.45) is 0. The van der Waals surface area contributed by atoms with Crippen molar-refractivity contribution in [1.29, 1.82) is 0 Å². The monoisotopic (exact) mass is 499 g/mol. The average Bonchev–Trinajstić information content (AvgIpc) is 3.37. The van der Waals surface area contributed by atoms with Gasteiger partial charge in [-0.2, -0.15) is 0 Å². The van der Waals surface area contributed by atoms with Crippen molar-refractivity contribution in [2.45, 2.75) is 0 Å². The first kappa shape index (κ1) is 21.7. The molecule has 0 saturated carbocycles. The van der Waals surface area contributed by atoms with Gasteiger partial charge in [-0.25, -0.2) is 15.0 Å². The first-order valence-corrected chi connectivity index (χ1v) is 13.0. The summed E-state index contributed by atoms with van der Waals surface area (Å²) in [5.41, 5.74) is 4.50. The van der Waals surface area contributed by atoms with Crippen molar-refractivity contribution < 1.29 is 4.42 Å². The molecule has 8 aromatic rings. The quantitative estimate of drug-likeness (QED) is 0.243. The molecule has 0 unspecified atom stereocenters. The van der Waals surface area contributed by atoms with Crippen LogP contribution in [-0.2, 0) is 0 Å². The normalized spacial score (nSPS) is 11.6. The maximum absolute atomic E-state index is 6.34. The van der Waals surface area contributed by atoms with Crippen LogP contribution in [0, 0.1) is 0 Å². The number of fused-ring (bicyclic) bond motifs is 5. The first-order chi connectivity index (χ1) is 19.3. The van der Waals surface area contributed by atoms with Crippen LogP contribution in [-0.4, -0.2) is 15.0 Å². The van der Waals surface area contributed by atoms with Crippen LogP contribution in [0.3, 0.4) is 0 Å². The van der Waals surface area contributed by atoms with Gasteiger partial charge in [-0.1, -0.05) is 109 Å². The van der Waals surface area contributed by atoms with E-state index >= 15 is 0 Å². The molecule has 0 aliphatic rings. The minimum Gasteiger partial charge on any atom is -0.456 e. The molecule has 39 heavy (non-hydrogen) atoms. The van der Waals surface area contributed by atoms with Crippen LogP contribution in [0.1, 0.15) is 0 Å². The highest BCUT2D eigenvalue weighted by Crippen LogP contribution is 2.38. The second-order valence-corrected chi connectivity index (χ2v) is 9.68. The number of rotatable bonds is 3. The predicted molar refractivity (Wildman–Crippen MR) is 158 cm³/mol. The van der Waals surface area contributed by atoms with Crippen molar-refractivity contribution in [3.63, 3.8) is 0 Å². The highest BCUT2D eigenvalue weighted by molar-refractivity contribution is 6.15. The van der Waals surface area contributed by atoms with Crippen LogP contribution in [0.5, 0.6) is 0 Å². The van der Waals surface area contributed by atoms with Crippen molar-refractivity contribution in [3.05, 3.63) is 127 Å². The lowest BCUT2D eigenvalue weighted by molar-refractivity contribution is 0.669. The van der Waals surface area contributed by atoms with E-state index in [1.807, 2.05) is 48.5 Å². The Morgan fingerprint density at radius 2 is 1.03 bits per heavy atom. The van der Waals surface area contributed by atoms with Crippen molar-refractivity contribution >= 4 is 43.5 Å². The molecule has 0 aliphatic heterocycles. The second kappa shape index (κ2) is 8.61. The zero-order valence-electron chi connectivity index (χ0n) is 20.9. The Bertz CT molecular complexity index is 2180. The lowest BCUT2D eigenvalue weighted by Crippen LogP contribution is -2.00. The van der Waals surface area contributed by atoms with Gasteiger partial charge in [0.05, 0.1) is 0 Å². The standard InChI is InChI=1S/C35H21N3O/c1-2-11-23(12-3-1)33-36-34(27-17-8-15-22-10-6-7-16-26(22)27)38-35(37-33)28-18-9-19-30-32(28)29-20-24-13-4-5-14-25(24)21-31(29)39-30/h1-21H. The molecule has 182 valence electrons. The largest absolute Gasteiger partial charge is 0.456 e. The summed E-state index contributed by atoms with van der Waals surface area (Å²) in [5.74, 6) is 1.90. The molecule has 8 rings (SSSR count). The van der Waals surface area contributed by atoms with Crippen LogP contribution in [0.15, 0.2) is 132 Å². The minimum absolute atomic E-state index is 0.619. The predicted octanol–water partition coefficient (Wildman–Crippen LogP) is 9.08. The van der Waals surface area contributed by atoms with E-state index in [0.29, 0.717) is 17.5 Å². The summed E-state index contributed by atoms with van der Waals surface area (Å²) in [6, 6.07) is 43.4. The highest BCUT2D eigenvalue weighted by atomic mass is 16.3. The fourth-order valence-electron chi connectivity index (χ4n) is 5.45. The summed E-state index contributed by atoms with van der Waals surface area (Å²) in [4.78, 5) is 15.1. The number of benzene rings is 6. The summed E-state index contributed by atoms with van der Waals surface area (Å²) >= 11 is 0. The Labute approximate surface area is 224 Å². The van der Waals surface area contributed by atoms with Gasteiger partial charge in [-0.05, 0) is 39.7 Å².